The molecule has 4 rings (SSSR count). The lowest BCUT2D eigenvalue weighted by atomic mass is 9.95. The van der Waals surface area contributed by atoms with Crippen LogP contribution in [0.1, 0.15) is 31.0 Å². The molecule has 0 bridgehead atoms. The summed E-state index contributed by atoms with van der Waals surface area (Å²) in [5.41, 5.74) is 1.37. The molecule has 0 spiro atoms. The minimum atomic E-state index is -0.875. The Balaban J connectivity index is 1.87. The largest absolute Gasteiger partial charge is 0.507 e. The second kappa shape index (κ2) is 10.7. The minimum absolute atomic E-state index is 0.0423. The number of rotatable bonds is 8. The van der Waals surface area contributed by atoms with E-state index in [0.717, 1.165) is 0 Å². The number of aliphatic hydroxyl groups excluding tert-OH is 1. The fourth-order valence-corrected chi connectivity index (χ4v) is 4.42. The van der Waals surface area contributed by atoms with Crippen molar-refractivity contribution >= 4 is 34.7 Å². The van der Waals surface area contributed by atoms with Gasteiger partial charge in [-0.2, -0.15) is 0 Å². The van der Waals surface area contributed by atoms with Crippen LogP contribution in [0.25, 0.3) is 5.76 Å². The zero-order valence-electron chi connectivity index (χ0n) is 20.2. The van der Waals surface area contributed by atoms with E-state index >= 15 is 0 Å². The molecule has 0 aliphatic carbocycles. The van der Waals surface area contributed by atoms with Crippen LogP contribution >= 0.6 is 11.6 Å². The third-order valence-electron chi connectivity index (χ3n) is 5.80. The van der Waals surface area contributed by atoms with Crippen molar-refractivity contribution in [3.63, 3.8) is 0 Å². The van der Waals surface area contributed by atoms with Crippen molar-refractivity contribution < 1.29 is 28.9 Å². The number of ether oxygens (including phenoxy) is 3. The Morgan fingerprint density at radius 2 is 1.50 bits per heavy atom. The zero-order chi connectivity index (χ0) is 25.8. The van der Waals surface area contributed by atoms with E-state index in [1.165, 1.54) is 18.1 Å². The monoisotopic (exact) mass is 507 g/mol. The summed E-state index contributed by atoms with van der Waals surface area (Å²) in [6.07, 6.45) is 0. The van der Waals surface area contributed by atoms with Crippen molar-refractivity contribution in [1.82, 2.24) is 0 Å². The molecule has 1 fully saturated rings. The highest BCUT2D eigenvalue weighted by molar-refractivity contribution is 6.51. The van der Waals surface area contributed by atoms with E-state index in [-0.39, 0.29) is 16.4 Å². The van der Waals surface area contributed by atoms with Gasteiger partial charge in [0.2, 0.25) is 0 Å². The predicted molar refractivity (Wildman–Crippen MR) is 138 cm³/mol. The molecule has 1 aliphatic rings. The third kappa shape index (κ3) is 4.75. The number of hydrogen-bond acceptors (Lipinski definition) is 6. The molecule has 1 atom stereocenters. The second-order valence-electron chi connectivity index (χ2n) is 7.95. The van der Waals surface area contributed by atoms with Crippen LogP contribution in [0.2, 0.25) is 5.02 Å². The summed E-state index contributed by atoms with van der Waals surface area (Å²) in [6, 6.07) is 17.8. The van der Waals surface area contributed by atoms with Gasteiger partial charge in [0.25, 0.3) is 11.7 Å². The highest BCUT2D eigenvalue weighted by Gasteiger charge is 2.47. The number of carbonyl (C=O) groups is 2. The van der Waals surface area contributed by atoms with E-state index in [9.17, 15) is 14.7 Å². The smallest absolute Gasteiger partial charge is 0.300 e. The molecule has 186 valence electrons. The zero-order valence-corrected chi connectivity index (χ0v) is 20.9. The summed E-state index contributed by atoms with van der Waals surface area (Å²) in [5, 5.41) is 11.5. The molecule has 0 saturated carbocycles. The molecular weight excluding hydrogens is 482 g/mol. The van der Waals surface area contributed by atoms with Gasteiger partial charge in [0.05, 0.1) is 37.0 Å². The van der Waals surface area contributed by atoms with Crippen LogP contribution < -0.4 is 19.1 Å². The van der Waals surface area contributed by atoms with Gasteiger partial charge >= 0.3 is 0 Å². The van der Waals surface area contributed by atoms with Crippen LogP contribution in [0, 0.1) is 0 Å². The first-order valence-corrected chi connectivity index (χ1v) is 11.9. The van der Waals surface area contributed by atoms with E-state index in [1.54, 1.807) is 60.7 Å². The third-order valence-corrected chi connectivity index (χ3v) is 6.10. The summed E-state index contributed by atoms with van der Waals surface area (Å²) in [5.74, 6) is -0.160. The normalized spacial score (nSPS) is 16.8. The summed E-state index contributed by atoms with van der Waals surface area (Å²) >= 11 is 6.26. The van der Waals surface area contributed by atoms with Crippen molar-refractivity contribution in [3.8, 4) is 17.2 Å². The van der Waals surface area contributed by atoms with Crippen molar-refractivity contribution in [2.45, 2.75) is 19.9 Å². The lowest BCUT2D eigenvalue weighted by Gasteiger charge is -2.26. The van der Waals surface area contributed by atoms with E-state index in [1.807, 2.05) is 13.8 Å². The van der Waals surface area contributed by atoms with Crippen molar-refractivity contribution in [2.75, 3.05) is 25.2 Å². The number of methoxy groups -OCH3 is 1. The maximum atomic E-state index is 13.3. The van der Waals surface area contributed by atoms with Gasteiger partial charge < -0.3 is 19.3 Å². The Morgan fingerprint density at radius 3 is 2.03 bits per heavy atom. The number of ketones is 1. The summed E-state index contributed by atoms with van der Waals surface area (Å²) in [6.45, 7) is 4.77. The lowest BCUT2D eigenvalue weighted by molar-refractivity contribution is -0.132. The number of halogens is 1. The van der Waals surface area contributed by atoms with Crippen LogP contribution in [0.5, 0.6) is 17.2 Å². The van der Waals surface area contributed by atoms with Crippen molar-refractivity contribution in [1.29, 1.82) is 0 Å². The molecule has 1 heterocycles. The number of carbonyl (C=O) groups excluding carboxylic acids is 2. The van der Waals surface area contributed by atoms with E-state index in [2.05, 4.69) is 0 Å². The van der Waals surface area contributed by atoms with Crippen LogP contribution in [0.3, 0.4) is 0 Å². The first-order valence-electron chi connectivity index (χ1n) is 11.5. The Kier molecular flexibility index (Phi) is 7.50. The van der Waals surface area contributed by atoms with Crippen LogP contribution in [0.4, 0.5) is 5.69 Å². The number of aliphatic hydroxyl groups is 1. The molecule has 1 amide bonds. The van der Waals surface area contributed by atoms with E-state index in [0.29, 0.717) is 47.3 Å². The molecular formula is C28H26ClNO6. The summed E-state index contributed by atoms with van der Waals surface area (Å²) < 4.78 is 16.2. The fraction of sp³-hybridized carbons (Fsp3) is 0.214. The molecule has 0 radical (unpaired) electrons. The van der Waals surface area contributed by atoms with Crippen LogP contribution in [-0.2, 0) is 9.59 Å². The van der Waals surface area contributed by atoms with Crippen molar-refractivity contribution in [2.24, 2.45) is 0 Å². The van der Waals surface area contributed by atoms with Gasteiger partial charge in [-0.05, 0) is 74.0 Å². The number of nitrogens with zero attached hydrogens (tertiary/aromatic N) is 1. The molecule has 3 aromatic carbocycles. The van der Waals surface area contributed by atoms with E-state index < -0.39 is 17.7 Å². The standard InChI is InChI=1S/C28H26ClNO6/c1-4-35-20-11-6-17(7-12-20)25-24(26(31)18-8-15-23(34-3)22(29)16-18)27(32)28(33)30(25)19-9-13-21(14-10-19)36-5-2/h6-16,25,31H,4-5H2,1-3H3/b26-24-. The van der Waals surface area contributed by atoms with Gasteiger partial charge in [-0.3, -0.25) is 14.5 Å². The van der Waals surface area contributed by atoms with Gasteiger partial charge in [0.15, 0.2) is 0 Å². The predicted octanol–water partition coefficient (Wildman–Crippen LogP) is 5.77. The number of benzene rings is 3. The van der Waals surface area contributed by atoms with Gasteiger partial charge in [-0.25, -0.2) is 0 Å². The second-order valence-corrected chi connectivity index (χ2v) is 8.35. The van der Waals surface area contributed by atoms with Gasteiger partial charge in [0, 0.05) is 11.3 Å². The quantitative estimate of drug-likeness (QED) is 0.236. The van der Waals surface area contributed by atoms with Crippen molar-refractivity contribution in [3.05, 3.63) is 88.5 Å². The topological polar surface area (TPSA) is 85.3 Å². The number of hydrogen-bond donors (Lipinski definition) is 1. The molecule has 36 heavy (non-hydrogen) atoms. The molecule has 7 nitrogen and oxygen atoms in total. The molecule has 8 heteroatoms. The molecule has 1 saturated heterocycles. The summed E-state index contributed by atoms with van der Waals surface area (Å²) in [7, 11) is 1.48. The molecule has 1 N–H and O–H groups in total. The fourth-order valence-electron chi connectivity index (χ4n) is 4.17. The lowest BCUT2D eigenvalue weighted by Crippen LogP contribution is -2.29. The Hall–Kier alpha value is -3.97. The number of Topliss-reactive ketones (excluding diaryl/α,β-unsaturated/α-hetero) is 1. The maximum Gasteiger partial charge on any atom is 0.300 e. The highest BCUT2D eigenvalue weighted by Crippen LogP contribution is 2.43. The maximum absolute atomic E-state index is 13.3. The van der Waals surface area contributed by atoms with Crippen LogP contribution in [0.15, 0.2) is 72.3 Å². The number of amides is 1. The average Bonchev–Trinajstić information content (AvgIpc) is 3.15. The van der Waals surface area contributed by atoms with Gasteiger partial charge in [0.1, 0.15) is 23.0 Å². The molecule has 0 aromatic heterocycles. The van der Waals surface area contributed by atoms with Crippen LogP contribution in [-0.4, -0.2) is 37.1 Å². The summed E-state index contributed by atoms with van der Waals surface area (Å²) in [4.78, 5) is 28.0. The van der Waals surface area contributed by atoms with E-state index in [4.69, 9.17) is 25.8 Å². The van der Waals surface area contributed by atoms with Gasteiger partial charge in [-0.1, -0.05) is 23.7 Å². The Labute approximate surface area is 214 Å². The Morgan fingerprint density at radius 1 is 0.917 bits per heavy atom. The molecule has 1 unspecified atom stereocenters. The highest BCUT2D eigenvalue weighted by atomic mass is 35.5. The Bertz CT molecular complexity index is 1300. The minimum Gasteiger partial charge on any atom is -0.507 e. The molecule has 1 aliphatic heterocycles. The molecule has 3 aromatic rings. The first-order chi connectivity index (χ1) is 17.4. The first kappa shape index (κ1) is 25.1. The van der Waals surface area contributed by atoms with Gasteiger partial charge in [-0.15, -0.1) is 0 Å². The number of anilines is 1. The average molecular weight is 508 g/mol. The SMILES string of the molecule is CCOc1ccc(C2/C(=C(/O)c3ccc(OC)c(Cl)c3)C(=O)C(=O)N2c2ccc(OCC)cc2)cc1.